The van der Waals surface area contributed by atoms with Crippen LogP contribution in [0.5, 0.6) is 0 Å². The van der Waals surface area contributed by atoms with Gasteiger partial charge in [-0.05, 0) is 44.7 Å². The van der Waals surface area contributed by atoms with Crippen molar-refractivity contribution in [3.63, 3.8) is 0 Å². The number of nitrogens with zero attached hydrogens (tertiary/aromatic N) is 2. The fourth-order valence-corrected chi connectivity index (χ4v) is 2.55. The van der Waals surface area contributed by atoms with Gasteiger partial charge < -0.3 is 4.90 Å². The van der Waals surface area contributed by atoms with Gasteiger partial charge in [-0.3, -0.25) is 9.69 Å². The van der Waals surface area contributed by atoms with Crippen LogP contribution in [-0.4, -0.2) is 42.4 Å². The lowest BCUT2D eigenvalue weighted by Gasteiger charge is -2.23. The van der Waals surface area contributed by atoms with E-state index in [1.807, 2.05) is 42.8 Å². The topological polar surface area (TPSA) is 23.6 Å². The Bertz CT molecular complexity index is 413. The molecule has 19 heavy (non-hydrogen) atoms. The molecular weight excluding hydrogens is 283 g/mol. The minimum absolute atomic E-state index is 0.139. The Kier molecular flexibility index (Phi) is 6.63. The summed E-state index contributed by atoms with van der Waals surface area (Å²) < 4.78 is 0. The van der Waals surface area contributed by atoms with Gasteiger partial charge in [-0.2, -0.15) is 0 Å². The molecule has 106 valence electrons. The first-order valence-corrected chi connectivity index (χ1v) is 7.13. The van der Waals surface area contributed by atoms with Crippen molar-refractivity contribution in [1.82, 2.24) is 9.80 Å². The van der Waals surface area contributed by atoms with Gasteiger partial charge in [0.25, 0.3) is 0 Å². The van der Waals surface area contributed by atoms with Crippen molar-refractivity contribution in [2.45, 2.75) is 20.4 Å². The second-order valence-corrected chi connectivity index (χ2v) is 5.39. The summed E-state index contributed by atoms with van der Waals surface area (Å²) in [5.74, 6) is 0.139. The van der Waals surface area contributed by atoms with Gasteiger partial charge >= 0.3 is 0 Å². The van der Waals surface area contributed by atoms with E-state index in [0.29, 0.717) is 23.1 Å². The molecule has 3 nitrogen and oxygen atoms in total. The molecule has 0 saturated carbocycles. The van der Waals surface area contributed by atoms with Crippen LogP contribution >= 0.6 is 23.2 Å². The Hall–Kier alpha value is -0.770. The zero-order valence-electron chi connectivity index (χ0n) is 11.6. The van der Waals surface area contributed by atoms with E-state index in [1.54, 1.807) is 6.07 Å². The number of rotatable bonds is 6. The van der Waals surface area contributed by atoms with Crippen LogP contribution in [0.15, 0.2) is 18.2 Å². The molecule has 1 aromatic carbocycles. The summed E-state index contributed by atoms with van der Waals surface area (Å²) in [6.45, 7) is 6.49. The van der Waals surface area contributed by atoms with Crippen molar-refractivity contribution in [3.8, 4) is 0 Å². The molecule has 5 heteroatoms. The Labute approximate surface area is 125 Å². The lowest BCUT2D eigenvalue weighted by molar-refractivity contribution is -0.131. The fraction of sp³-hybridized carbons (Fsp3) is 0.500. The highest BCUT2D eigenvalue weighted by molar-refractivity contribution is 6.34. The molecule has 0 aliphatic carbocycles. The van der Waals surface area contributed by atoms with Crippen LogP contribution in [0.4, 0.5) is 0 Å². The van der Waals surface area contributed by atoms with Gasteiger partial charge in [0.1, 0.15) is 0 Å². The Balaban J connectivity index is 2.59. The van der Waals surface area contributed by atoms with E-state index in [1.165, 1.54) is 0 Å². The fourth-order valence-electron chi connectivity index (χ4n) is 1.98. The van der Waals surface area contributed by atoms with Crippen molar-refractivity contribution in [1.29, 1.82) is 0 Å². The van der Waals surface area contributed by atoms with Crippen molar-refractivity contribution < 1.29 is 4.79 Å². The number of benzene rings is 1. The average molecular weight is 303 g/mol. The van der Waals surface area contributed by atoms with Gasteiger partial charge in [0.2, 0.25) is 5.91 Å². The van der Waals surface area contributed by atoms with Crippen LogP contribution in [0.3, 0.4) is 0 Å². The number of likely N-dealkylation sites (N-methyl/N-ethyl adjacent to an activating group) is 2. The molecule has 0 aromatic heterocycles. The maximum absolute atomic E-state index is 12.0. The van der Waals surface area contributed by atoms with Crippen LogP contribution in [0, 0.1) is 0 Å². The number of amides is 1. The van der Waals surface area contributed by atoms with E-state index in [4.69, 9.17) is 23.2 Å². The van der Waals surface area contributed by atoms with E-state index in [2.05, 4.69) is 0 Å². The highest BCUT2D eigenvalue weighted by Crippen LogP contribution is 2.19. The van der Waals surface area contributed by atoms with E-state index in [9.17, 15) is 4.79 Å². The molecule has 0 radical (unpaired) electrons. The number of halogens is 2. The summed E-state index contributed by atoms with van der Waals surface area (Å²) in [6, 6.07) is 5.44. The van der Waals surface area contributed by atoms with E-state index in [0.717, 1.165) is 18.7 Å². The molecular formula is C14H20Cl2N2O. The minimum Gasteiger partial charge on any atom is -0.342 e. The van der Waals surface area contributed by atoms with Gasteiger partial charge in [-0.15, -0.1) is 0 Å². The van der Waals surface area contributed by atoms with E-state index < -0.39 is 0 Å². The monoisotopic (exact) mass is 302 g/mol. The molecule has 0 spiro atoms. The maximum Gasteiger partial charge on any atom is 0.236 e. The molecule has 0 atom stereocenters. The molecule has 0 fully saturated rings. The van der Waals surface area contributed by atoms with Crippen molar-refractivity contribution in [2.75, 3.05) is 26.7 Å². The van der Waals surface area contributed by atoms with Crippen LogP contribution in [0.1, 0.15) is 19.4 Å². The van der Waals surface area contributed by atoms with Crippen molar-refractivity contribution in [3.05, 3.63) is 33.8 Å². The predicted octanol–water partition coefficient (Wildman–Crippen LogP) is 3.29. The first kappa shape index (κ1) is 16.3. The zero-order chi connectivity index (χ0) is 14.4. The molecule has 0 bridgehead atoms. The molecule has 0 aliphatic heterocycles. The van der Waals surface area contributed by atoms with Crippen molar-refractivity contribution in [2.24, 2.45) is 0 Å². The normalized spacial score (nSPS) is 10.8. The summed E-state index contributed by atoms with van der Waals surface area (Å²) in [5, 5.41) is 1.23. The largest absolute Gasteiger partial charge is 0.342 e. The minimum atomic E-state index is 0.139. The summed E-state index contributed by atoms with van der Waals surface area (Å²) in [7, 11) is 1.91. The molecule has 0 saturated heterocycles. The van der Waals surface area contributed by atoms with Gasteiger partial charge in [0, 0.05) is 29.7 Å². The smallest absolute Gasteiger partial charge is 0.236 e. The van der Waals surface area contributed by atoms with Crippen molar-refractivity contribution >= 4 is 29.1 Å². The van der Waals surface area contributed by atoms with Crippen LogP contribution in [-0.2, 0) is 11.3 Å². The molecule has 0 N–H and O–H groups in total. The third-order valence-corrected chi connectivity index (χ3v) is 3.33. The lowest BCUT2D eigenvalue weighted by Crippen LogP contribution is -2.38. The number of carbonyl (C=O) groups is 1. The Morgan fingerprint density at radius 2 is 1.63 bits per heavy atom. The third-order valence-electron chi connectivity index (χ3n) is 2.90. The zero-order valence-corrected chi connectivity index (χ0v) is 13.1. The number of carbonyl (C=O) groups excluding carboxylic acids is 1. The van der Waals surface area contributed by atoms with Crippen LogP contribution in [0.2, 0.25) is 10.0 Å². The summed E-state index contributed by atoms with van der Waals surface area (Å²) in [4.78, 5) is 15.8. The maximum atomic E-state index is 12.0. The quantitative estimate of drug-likeness (QED) is 0.805. The van der Waals surface area contributed by atoms with Crippen LogP contribution < -0.4 is 0 Å². The number of hydrogen-bond acceptors (Lipinski definition) is 2. The Morgan fingerprint density at radius 3 is 2.11 bits per heavy atom. The summed E-state index contributed by atoms with van der Waals surface area (Å²) in [6.07, 6.45) is 0. The molecule has 1 aromatic rings. The lowest BCUT2D eigenvalue weighted by atomic mass is 10.2. The summed E-state index contributed by atoms with van der Waals surface area (Å²) >= 11 is 11.9. The van der Waals surface area contributed by atoms with Gasteiger partial charge in [0.05, 0.1) is 6.54 Å². The molecule has 0 aliphatic rings. The van der Waals surface area contributed by atoms with Crippen LogP contribution in [0.25, 0.3) is 0 Å². The first-order valence-electron chi connectivity index (χ1n) is 6.37. The molecule has 1 rings (SSSR count). The van der Waals surface area contributed by atoms with Gasteiger partial charge in [-0.25, -0.2) is 0 Å². The van der Waals surface area contributed by atoms with E-state index in [-0.39, 0.29) is 5.91 Å². The first-order chi connectivity index (χ1) is 8.96. The second kappa shape index (κ2) is 7.73. The highest BCUT2D eigenvalue weighted by atomic mass is 35.5. The van der Waals surface area contributed by atoms with Gasteiger partial charge in [0.15, 0.2) is 0 Å². The highest BCUT2D eigenvalue weighted by Gasteiger charge is 2.12. The van der Waals surface area contributed by atoms with Gasteiger partial charge in [-0.1, -0.05) is 23.2 Å². The molecule has 0 heterocycles. The standard InChI is InChI=1S/C14H20Cl2N2O/c1-4-18(5-2)14(19)10-17(3)9-11-6-12(15)8-13(16)7-11/h6-8H,4-5,9-10H2,1-3H3. The third kappa shape index (κ3) is 5.39. The second-order valence-electron chi connectivity index (χ2n) is 4.52. The molecule has 1 amide bonds. The Morgan fingerprint density at radius 1 is 1.11 bits per heavy atom. The van der Waals surface area contributed by atoms with E-state index >= 15 is 0 Å². The molecule has 0 unspecified atom stereocenters. The SMILES string of the molecule is CCN(CC)C(=O)CN(C)Cc1cc(Cl)cc(Cl)c1. The number of hydrogen-bond donors (Lipinski definition) is 0. The predicted molar refractivity (Wildman–Crippen MR) is 80.7 cm³/mol. The average Bonchev–Trinajstić information content (AvgIpc) is 2.28. The summed E-state index contributed by atoms with van der Waals surface area (Å²) in [5.41, 5.74) is 1.01.